The molecule has 4 heteroatoms. The molecule has 20 heavy (non-hydrogen) atoms. The SMILES string of the molecule is Cn1cc(CN2CCCCC2)c2ccc(C(=O)O)cc21. The summed E-state index contributed by atoms with van der Waals surface area (Å²) in [5, 5.41) is 10.3. The summed E-state index contributed by atoms with van der Waals surface area (Å²) in [6.07, 6.45) is 6.04. The zero-order valence-corrected chi connectivity index (χ0v) is 11.8. The maximum atomic E-state index is 11.1. The number of aryl methyl sites for hydroxylation is 1. The van der Waals surface area contributed by atoms with Gasteiger partial charge in [0, 0.05) is 30.7 Å². The molecule has 3 rings (SSSR count). The molecule has 0 radical (unpaired) electrons. The highest BCUT2D eigenvalue weighted by molar-refractivity contribution is 5.94. The highest BCUT2D eigenvalue weighted by Gasteiger charge is 2.15. The number of rotatable bonds is 3. The number of hydrogen-bond acceptors (Lipinski definition) is 2. The van der Waals surface area contributed by atoms with Gasteiger partial charge in [-0.1, -0.05) is 12.5 Å². The molecule has 1 aliphatic heterocycles. The minimum Gasteiger partial charge on any atom is -0.478 e. The van der Waals surface area contributed by atoms with Crippen molar-refractivity contribution in [2.75, 3.05) is 13.1 Å². The molecule has 1 N–H and O–H groups in total. The zero-order chi connectivity index (χ0) is 14.1. The van der Waals surface area contributed by atoms with Crippen LogP contribution in [0.1, 0.15) is 35.2 Å². The minimum absolute atomic E-state index is 0.350. The van der Waals surface area contributed by atoms with Gasteiger partial charge in [0.2, 0.25) is 0 Å². The number of benzene rings is 1. The van der Waals surface area contributed by atoms with Gasteiger partial charge in [0.05, 0.1) is 5.56 Å². The van der Waals surface area contributed by atoms with Gasteiger partial charge in [-0.25, -0.2) is 4.79 Å². The van der Waals surface area contributed by atoms with Gasteiger partial charge in [-0.15, -0.1) is 0 Å². The fourth-order valence-corrected chi connectivity index (χ4v) is 3.09. The van der Waals surface area contributed by atoms with Crippen molar-refractivity contribution >= 4 is 16.9 Å². The fraction of sp³-hybridized carbons (Fsp3) is 0.438. The summed E-state index contributed by atoms with van der Waals surface area (Å²) in [5.74, 6) is -0.870. The summed E-state index contributed by atoms with van der Waals surface area (Å²) in [6.45, 7) is 3.30. The number of carboxylic acids is 1. The number of hydrogen-bond donors (Lipinski definition) is 1. The summed E-state index contributed by atoms with van der Waals surface area (Å²) in [7, 11) is 1.98. The first kappa shape index (κ1) is 13.2. The van der Waals surface area contributed by atoms with Gasteiger partial charge in [0.15, 0.2) is 0 Å². The van der Waals surface area contributed by atoms with Gasteiger partial charge >= 0.3 is 5.97 Å². The normalized spacial score (nSPS) is 16.6. The molecular formula is C16H20N2O2. The van der Waals surface area contributed by atoms with E-state index < -0.39 is 5.97 Å². The van der Waals surface area contributed by atoms with E-state index >= 15 is 0 Å². The summed E-state index contributed by atoms with van der Waals surface area (Å²) >= 11 is 0. The van der Waals surface area contributed by atoms with E-state index in [1.165, 1.54) is 43.3 Å². The third-order valence-electron chi connectivity index (χ3n) is 4.16. The van der Waals surface area contributed by atoms with Crippen LogP contribution in [0.3, 0.4) is 0 Å². The Kier molecular flexibility index (Phi) is 3.49. The van der Waals surface area contributed by atoms with Crippen LogP contribution in [-0.2, 0) is 13.6 Å². The first-order valence-electron chi connectivity index (χ1n) is 7.19. The molecule has 1 saturated heterocycles. The molecule has 1 aromatic heterocycles. The van der Waals surface area contributed by atoms with Gasteiger partial charge in [0.1, 0.15) is 0 Å². The number of nitrogens with zero attached hydrogens (tertiary/aromatic N) is 2. The van der Waals surface area contributed by atoms with E-state index in [-0.39, 0.29) is 0 Å². The Morgan fingerprint density at radius 2 is 2.00 bits per heavy atom. The number of piperidine rings is 1. The predicted molar refractivity (Wildman–Crippen MR) is 79.0 cm³/mol. The number of carbonyl (C=O) groups is 1. The molecule has 2 aromatic rings. The smallest absolute Gasteiger partial charge is 0.335 e. The largest absolute Gasteiger partial charge is 0.478 e. The minimum atomic E-state index is -0.870. The Labute approximate surface area is 118 Å². The van der Waals surface area contributed by atoms with Crippen LogP contribution < -0.4 is 0 Å². The van der Waals surface area contributed by atoms with Gasteiger partial charge in [-0.05, 0) is 43.6 Å². The van der Waals surface area contributed by atoms with Crippen molar-refractivity contribution in [2.45, 2.75) is 25.8 Å². The second kappa shape index (κ2) is 5.29. The Morgan fingerprint density at radius 3 is 2.70 bits per heavy atom. The van der Waals surface area contributed by atoms with Crippen LogP contribution in [0, 0.1) is 0 Å². The van der Waals surface area contributed by atoms with Crippen LogP contribution in [0.25, 0.3) is 10.9 Å². The molecule has 0 unspecified atom stereocenters. The van der Waals surface area contributed by atoms with Crippen molar-refractivity contribution in [3.05, 3.63) is 35.5 Å². The van der Waals surface area contributed by atoms with Crippen LogP contribution in [-0.4, -0.2) is 33.6 Å². The summed E-state index contributed by atoms with van der Waals surface area (Å²) in [4.78, 5) is 13.6. The molecule has 106 valence electrons. The number of fused-ring (bicyclic) bond motifs is 1. The lowest BCUT2D eigenvalue weighted by Crippen LogP contribution is -2.28. The summed E-state index contributed by atoms with van der Waals surface area (Å²) in [5.41, 5.74) is 2.64. The van der Waals surface area contributed by atoms with Crippen LogP contribution in [0.4, 0.5) is 0 Å². The molecule has 1 fully saturated rings. The van der Waals surface area contributed by atoms with Gasteiger partial charge in [-0.2, -0.15) is 0 Å². The first-order valence-corrected chi connectivity index (χ1v) is 7.19. The predicted octanol–water partition coefficient (Wildman–Crippen LogP) is 2.86. The van der Waals surface area contributed by atoms with Crippen molar-refractivity contribution in [3.63, 3.8) is 0 Å². The Morgan fingerprint density at radius 1 is 1.25 bits per heavy atom. The number of aromatic carboxylic acids is 1. The molecule has 0 spiro atoms. The molecule has 0 atom stereocenters. The van der Waals surface area contributed by atoms with Crippen LogP contribution >= 0.6 is 0 Å². The van der Waals surface area contributed by atoms with Crippen molar-refractivity contribution in [2.24, 2.45) is 7.05 Å². The maximum Gasteiger partial charge on any atom is 0.335 e. The lowest BCUT2D eigenvalue weighted by atomic mass is 10.1. The quantitative estimate of drug-likeness (QED) is 0.934. The lowest BCUT2D eigenvalue weighted by molar-refractivity contribution is 0.0697. The van der Waals surface area contributed by atoms with Crippen LogP contribution in [0.5, 0.6) is 0 Å². The molecule has 0 saturated carbocycles. The average molecular weight is 272 g/mol. The number of aromatic nitrogens is 1. The van der Waals surface area contributed by atoms with Crippen molar-refractivity contribution in [3.8, 4) is 0 Å². The summed E-state index contributed by atoms with van der Waals surface area (Å²) in [6, 6.07) is 5.40. The molecule has 2 heterocycles. The van der Waals surface area contributed by atoms with Crippen molar-refractivity contribution in [1.29, 1.82) is 0 Å². The Balaban J connectivity index is 1.93. The lowest BCUT2D eigenvalue weighted by Gasteiger charge is -2.26. The number of carboxylic acid groups (broad SMARTS) is 1. The fourth-order valence-electron chi connectivity index (χ4n) is 3.09. The molecule has 1 aromatic carbocycles. The first-order chi connectivity index (χ1) is 9.65. The third-order valence-corrected chi connectivity index (χ3v) is 4.16. The maximum absolute atomic E-state index is 11.1. The van der Waals surface area contributed by atoms with Crippen molar-refractivity contribution < 1.29 is 9.90 Å². The monoisotopic (exact) mass is 272 g/mol. The Hall–Kier alpha value is -1.81. The van der Waals surface area contributed by atoms with Gasteiger partial charge in [-0.3, -0.25) is 4.90 Å². The van der Waals surface area contributed by atoms with Gasteiger partial charge in [0.25, 0.3) is 0 Å². The molecule has 0 bridgehead atoms. The van der Waals surface area contributed by atoms with Crippen LogP contribution in [0.15, 0.2) is 24.4 Å². The van der Waals surface area contributed by atoms with Crippen molar-refractivity contribution in [1.82, 2.24) is 9.47 Å². The second-order valence-electron chi connectivity index (χ2n) is 5.64. The average Bonchev–Trinajstić information content (AvgIpc) is 2.76. The van der Waals surface area contributed by atoms with E-state index in [0.29, 0.717) is 5.56 Å². The summed E-state index contributed by atoms with van der Waals surface area (Å²) < 4.78 is 2.03. The molecular weight excluding hydrogens is 252 g/mol. The number of likely N-dealkylation sites (tertiary alicyclic amines) is 1. The van der Waals surface area contributed by atoms with Gasteiger partial charge < -0.3 is 9.67 Å². The molecule has 0 amide bonds. The molecule has 0 aliphatic carbocycles. The topological polar surface area (TPSA) is 45.5 Å². The molecule has 1 aliphatic rings. The van der Waals surface area contributed by atoms with E-state index in [1.54, 1.807) is 12.1 Å². The van der Waals surface area contributed by atoms with E-state index in [1.807, 2.05) is 17.7 Å². The third kappa shape index (κ3) is 2.43. The van der Waals surface area contributed by atoms with E-state index in [9.17, 15) is 4.79 Å². The Bertz CT molecular complexity index is 639. The van der Waals surface area contributed by atoms with Crippen LogP contribution in [0.2, 0.25) is 0 Å². The van der Waals surface area contributed by atoms with E-state index in [4.69, 9.17) is 5.11 Å². The van der Waals surface area contributed by atoms with E-state index in [2.05, 4.69) is 11.1 Å². The molecule has 4 nitrogen and oxygen atoms in total. The second-order valence-corrected chi connectivity index (χ2v) is 5.64. The highest BCUT2D eigenvalue weighted by atomic mass is 16.4. The highest BCUT2D eigenvalue weighted by Crippen LogP contribution is 2.24. The standard InChI is InChI=1S/C16H20N2O2/c1-17-10-13(11-18-7-3-2-4-8-18)14-6-5-12(16(19)20)9-15(14)17/h5-6,9-10H,2-4,7-8,11H2,1H3,(H,19,20). The zero-order valence-electron chi connectivity index (χ0n) is 11.8. The van der Waals surface area contributed by atoms with E-state index in [0.717, 1.165) is 12.1 Å².